The average Bonchev–Trinajstić information content (AvgIpc) is 0.822. The Morgan fingerprint density at radius 1 is 0.239 bits per heavy atom. The minimum atomic E-state index is -1.22. The summed E-state index contributed by atoms with van der Waals surface area (Å²) in [5.74, 6) is -18.2. The Balaban J connectivity index is 2.46. The fourth-order valence-electron chi connectivity index (χ4n) is 10.8. The molecule has 4 aromatic carbocycles. The lowest BCUT2D eigenvalue weighted by atomic mass is 9.75. The highest BCUT2D eigenvalue weighted by Gasteiger charge is 2.41. The number of ether oxygens (including phenoxy) is 12. The summed E-state index contributed by atoms with van der Waals surface area (Å²) in [7, 11) is 0. The van der Waals surface area contributed by atoms with Crippen molar-refractivity contribution in [2.24, 2.45) is 0 Å². The van der Waals surface area contributed by atoms with Crippen LogP contribution in [0, 0.1) is 0 Å². The zero-order valence-electron chi connectivity index (χ0n) is 52.1. The molecule has 0 aromatic heterocycles. The average molecular weight is 1230 g/mol. The van der Waals surface area contributed by atoms with Gasteiger partial charge in [0.2, 0.25) is 0 Å². The maximum atomic E-state index is 13.6. The lowest BCUT2D eigenvalue weighted by molar-refractivity contribution is -0.143. The van der Waals surface area contributed by atoms with E-state index in [0.29, 0.717) is 0 Å². The van der Waals surface area contributed by atoms with Crippen LogP contribution in [0.2, 0.25) is 0 Å². The van der Waals surface area contributed by atoms with Crippen LogP contribution in [0.5, 0.6) is 46.0 Å². The fourth-order valence-corrected chi connectivity index (χ4v) is 10.8. The van der Waals surface area contributed by atoms with E-state index in [1.807, 2.05) is 0 Å². The predicted octanol–water partition coefficient (Wildman–Crippen LogP) is 9.82. The van der Waals surface area contributed by atoms with Gasteiger partial charge < -0.3 is 56.8 Å². The number of carbonyl (C=O) groups excluding carboxylic acids is 12. The highest BCUT2D eigenvalue weighted by molar-refractivity contribution is 5.82. The number of esters is 12. The third-order valence-corrected chi connectivity index (χ3v) is 13.8. The molecule has 0 N–H and O–H groups in total. The van der Waals surface area contributed by atoms with E-state index in [4.69, 9.17) is 56.8 Å². The zero-order chi connectivity index (χ0) is 65.8. The van der Waals surface area contributed by atoms with Gasteiger partial charge >= 0.3 is 71.6 Å². The molecule has 5 rings (SSSR count). The summed E-state index contributed by atoms with van der Waals surface area (Å²) in [4.78, 5) is 161. The lowest BCUT2D eigenvalue weighted by Gasteiger charge is -2.33. The molecule has 1 aliphatic carbocycles. The summed E-state index contributed by atoms with van der Waals surface area (Å²) >= 11 is 0. The minimum absolute atomic E-state index is 0.0358. The number of fused-ring (bicyclic) bond motifs is 8. The molecule has 0 amide bonds. The van der Waals surface area contributed by atoms with Gasteiger partial charge in [0.15, 0.2) is 0 Å². The third-order valence-electron chi connectivity index (χ3n) is 13.8. The first-order chi connectivity index (χ1) is 41.4. The molecule has 0 aliphatic heterocycles. The van der Waals surface area contributed by atoms with Crippen molar-refractivity contribution in [1.82, 2.24) is 0 Å². The first-order valence-corrected chi connectivity index (χ1v) is 28.2. The highest BCUT2D eigenvalue weighted by atomic mass is 16.6. The van der Waals surface area contributed by atoms with Gasteiger partial charge in [0.25, 0.3) is 0 Å². The van der Waals surface area contributed by atoms with Crippen molar-refractivity contribution in [3.8, 4) is 46.0 Å². The number of benzene rings is 4. The molecule has 0 unspecified atom stereocenters. The minimum Gasteiger partial charge on any atom is -0.461 e. The molecule has 1 aliphatic rings. The molecule has 0 radical (unpaired) electrons. The van der Waals surface area contributed by atoms with E-state index in [-0.39, 0.29) is 138 Å². The van der Waals surface area contributed by atoms with Crippen molar-refractivity contribution in [3.63, 3.8) is 0 Å². The second-order valence-electron chi connectivity index (χ2n) is 20.5. The van der Waals surface area contributed by atoms with E-state index >= 15 is 0 Å². The Labute approximate surface area is 507 Å². The molecule has 0 heterocycles. The summed E-state index contributed by atoms with van der Waals surface area (Å²) in [5, 5.41) is 0. The molecule has 88 heavy (non-hydrogen) atoms. The van der Waals surface area contributed by atoms with Gasteiger partial charge in [-0.25, -0.2) is 0 Å². The molecule has 8 bridgehead atoms. The number of hydrogen-bond acceptors (Lipinski definition) is 24. The van der Waals surface area contributed by atoms with Crippen LogP contribution in [-0.2, 0) is 103 Å². The summed E-state index contributed by atoms with van der Waals surface area (Å²) in [6.07, 6.45) is -0.143. The van der Waals surface area contributed by atoms with Gasteiger partial charge in [0.05, 0.1) is 22.3 Å². The number of rotatable bonds is 20. The Morgan fingerprint density at radius 3 is 0.455 bits per heavy atom. The molecular weight excluding hydrogens is 1150 g/mol. The lowest BCUT2D eigenvalue weighted by Crippen LogP contribution is -2.21. The second-order valence-corrected chi connectivity index (χ2v) is 20.5. The monoisotopic (exact) mass is 1220 g/mol. The van der Waals surface area contributed by atoms with Crippen molar-refractivity contribution in [1.29, 1.82) is 0 Å². The van der Waals surface area contributed by atoms with Crippen LogP contribution < -0.4 is 37.9 Å². The van der Waals surface area contributed by atoms with Gasteiger partial charge in [0.1, 0.15) is 72.4 Å². The van der Waals surface area contributed by atoms with Gasteiger partial charge in [-0.2, -0.15) is 0 Å². The predicted molar refractivity (Wildman–Crippen MR) is 307 cm³/mol. The number of hydrogen-bond donors (Lipinski definition) is 0. The quantitative estimate of drug-likeness (QED) is 0.0451. The smallest absolute Gasteiger partial charge is 0.308 e. The third kappa shape index (κ3) is 16.5. The van der Waals surface area contributed by atoms with E-state index in [9.17, 15) is 57.5 Å². The van der Waals surface area contributed by atoms with Crippen LogP contribution in [0.1, 0.15) is 227 Å². The van der Waals surface area contributed by atoms with E-state index in [1.165, 1.54) is 24.3 Å². The topological polar surface area (TPSA) is 316 Å². The normalized spacial score (nSPS) is 14.8. The molecule has 24 heteroatoms. The van der Waals surface area contributed by atoms with Crippen LogP contribution in [0.3, 0.4) is 0 Å². The Kier molecular flexibility index (Phi) is 23.8. The van der Waals surface area contributed by atoms with Crippen LogP contribution >= 0.6 is 0 Å². The van der Waals surface area contributed by atoms with Crippen LogP contribution in [0.25, 0.3) is 0 Å². The number of carbonyl (C=O) groups is 12. The molecule has 0 atom stereocenters. The fraction of sp³-hybridized carbons (Fsp3) is 0.438. The summed E-state index contributed by atoms with van der Waals surface area (Å²) in [6.45, 7) is 16.9. The zero-order valence-corrected chi connectivity index (χ0v) is 52.1. The van der Waals surface area contributed by atoms with Gasteiger partial charge in [-0.05, 0) is 49.9 Å². The van der Waals surface area contributed by atoms with E-state index < -0.39 is 122 Å². The van der Waals surface area contributed by atoms with Crippen molar-refractivity contribution in [3.05, 3.63) is 91.0 Å². The highest BCUT2D eigenvalue weighted by Crippen LogP contribution is 2.57. The SMILES string of the molecule is CCC1c2cc(c(OC(C)=O)c(COC(C)=O)c2OC(C)=O)C(CC)c2cc(c(OC(C)=O)c(COC(C)=O)c2OC(C)=O)C(CC)c2cc(c(OC(C)=O)c(COC(C)=O)c2OC(C)=O)C(CC)c2cc1c(OC(C)=O)c(COC(C)=O)c2OC(C)=O. The summed E-state index contributed by atoms with van der Waals surface area (Å²) in [6, 6.07) is 6.07. The van der Waals surface area contributed by atoms with Crippen molar-refractivity contribution in [2.45, 2.75) is 187 Å². The molecule has 0 spiro atoms. The van der Waals surface area contributed by atoms with Gasteiger partial charge in [0, 0.05) is 151 Å². The largest absolute Gasteiger partial charge is 0.461 e. The molecule has 0 saturated heterocycles. The van der Waals surface area contributed by atoms with Crippen LogP contribution in [0.15, 0.2) is 24.3 Å². The first kappa shape index (κ1) is 69.3. The Bertz CT molecular complexity index is 2870. The van der Waals surface area contributed by atoms with Crippen LogP contribution in [0.4, 0.5) is 0 Å². The maximum Gasteiger partial charge on any atom is 0.308 e. The van der Waals surface area contributed by atoms with Crippen LogP contribution in [-0.4, -0.2) is 71.6 Å². The van der Waals surface area contributed by atoms with Gasteiger partial charge in [-0.1, -0.05) is 27.7 Å². The molecule has 0 fully saturated rings. The van der Waals surface area contributed by atoms with E-state index in [0.717, 1.165) is 83.1 Å². The molecule has 0 saturated carbocycles. The Morgan fingerprint density at radius 2 is 0.364 bits per heavy atom. The van der Waals surface area contributed by atoms with Crippen molar-refractivity contribution < 1.29 is 114 Å². The molecule has 472 valence electrons. The Hall–Kier alpha value is -9.48. The van der Waals surface area contributed by atoms with Crippen molar-refractivity contribution in [2.75, 3.05) is 0 Å². The van der Waals surface area contributed by atoms with Crippen molar-refractivity contribution >= 4 is 71.6 Å². The standard InChI is InChI=1S/C64H72O24/c1-17-41-45-21-47(59(83-35(11)71)53(25-77-29(5)65)57(45)81-33(9)69)42(18-2)49-23-51(63(87-39(15)75)55(27-79-31(7)67)61(49)85-37(13)73)44(20-4)52-24-50(62(86-38(14)74)56(28-80-32(8)68)64(52)88-40(16)76)43(19-3)48-22-46(41)58(82-34(10)70)54(26-78-30(6)66)60(48)84-36(12)72/h21-24,41-44H,17-20,25-28H2,1-16H3. The molecular formula is C64H72O24. The second kappa shape index (κ2) is 30.2. The van der Waals surface area contributed by atoms with E-state index in [2.05, 4.69) is 0 Å². The molecule has 24 nitrogen and oxygen atoms in total. The summed E-state index contributed by atoms with van der Waals surface area (Å²) in [5.41, 5.74) is -0.381. The summed E-state index contributed by atoms with van der Waals surface area (Å²) < 4.78 is 71.7. The first-order valence-electron chi connectivity index (χ1n) is 28.2. The van der Waals surface area contributed by atoms with E-state index in [1.54, 1.807) is 27.7 Å². The molecule has 4 aromatic rings. The van der Waals surface area contributed by atoms with Gasteiger partial charge in [-0.3, -0.25) is 57.5 Å². The maximum absolute atomic E-state index is 13.6. The van der Waals surface area contributed by atoms with Gasteiger partial charge in [-0.15, -0.1) is 0 Å².